The summed E-state index contributed by atoms with van der Waals surface area (Å²) in [7, 11) is -3.37. The second kappa shape index (κ2) is 6.70. The molecule has 3 atom stereocenters. The highest BCUT2D eigenvalue weighted by molar-refractivity contribution is 7.89. The van der Waals surface area contributed by atoms with Crippen LogP contribution >= 0.6 is 0 Å². The molecule has 0 radical (unpaired) electrons. The number of halogens is 1. The van der Waals surface area contributed by atoms with Gasteiger partial charge in [-0.2, -0.15) is 4.31 Å². The van der Waals surface area contributed by atoms with E-state index in [2.05, 4.69) is 4.98 Å². The zero-order valence-electron chi connectivity index (χ0n) is 13.0. The van der Waals surface area contributed by atoms with Gasteiger partial charge in [0.05, 0.1) is 24.5 Å². The minimum Gasteiger partial charge on any atom is -0.468 e. The molecule has 1 saturated heterocycles. The van der Waals surface area contributed by atoms with Gasteiger partial charge in [0.1, 0.15) is 6.10 Å². The van der Waals surface area contributed by atoms with Crippen molar-refractivity contribution in [2.45, 2.75) is 44.4 Å². The molecule has 3 unspecified atom stereocenters. The minimum atomic E-state index is -3.37. The molecular weight excluding hydrogens is 323 g/mol. The van der Waals surface area contributed by atoms with Crippen LogP contribution in [0.2, 0.25) is 0 Å². The van der Waals surface area contributed by atoms with E-state index in [-0.39, 0.29) is 23.8 Å². The first-order valence-electron chi connectivity index (χ1n) is 7.91. The first-order chi connectivity index (χ1) is 11.0. The van der Waals surface area contributed by atoms with Gasteiger partial charge in [0.25, 0.3) is 5.88 Å². The molecule has 1 aromatic heterocycles. The van der Waals surface area contributed by atoms with Crippen LogP contribution in [0.1, 0.15) is 26.2 Å². The second-order valence-electron chi connectivity index (χ2n) is 5.85. The molecule has 3 rings (SSSR count). The summed E-state index contributed by atoms with van der Waals surface area (Å²) in [6.45, 7) is 2.48. The van der Waals surface area contributed by atoms with Crippen LogP contribution in [0.15, 0.2) is 18.3 Å². The molecule has 8 heteroatoms. The summed E-state index contributed by atoms with van der Waals surface area (Å²) in [6.07, 6.45) is 2.57. The summed E-state index contributed by atoms with van der Waals surface area (Å²) < 4.78 is 51.8. The lowest BCUT2D eigenvalue weighted by Crippen LogP contribution is -2.48. The van der Waals surface area contributed by atoms with E-state index in [0.717, 1.165) is 0 Å². The number of sulfonamides is 1. The van der Waals surface area contributed by atoms with E-state index < -0.39 is 21.9 Å². The number of ether oxygens (including phenoxy) is 2. The summed E-state index contributed by atoms with van der Waals surface area (Å²) in [4.78, 5) is 3.90. The maximum absolute atomic E-state index is 13.8. The Morgan fingerprint density at radius 1 is 1.48 bits per heavy atom. The molecular formula is C15H21FN2O4S. The Balaban J connectivity index is 1.86. The summed E-state index contributed by atoms with van der Waals surface area (Å²) in [5.74, 6) is -0.564. The fourth-order valence-corrected chi connectivity index (χ4v) is 5.06. The fourth-order valence-electron chi connectivity index (χ4n) is 3.32. The summed E-state index contributed by atoms with van der Waals surface area (Å²) in [5.41, 5.74) is 0. The zero-order chi connectivity index (χ0) is 16.4. The van der Waals surface area contributed by atoms with Gasteiger partial charge in [0.15, 0.2) is 5.82 Å². The molecule has 128 valence electrons. The number of hydrogen-bond donors (Lipinski definition) is 0. The molecule has 0 N–H and O–H groups in total. The quantitative estimate of drug-likeness (QED) is 0.811. The molecule has 2 aliphatic rings. The van der Waals surface area contributed by atoms with E-state index in [1.54, 1.807) is 0 Å². The van der Waals surface area contributed by atoms with E-state index in [0.29, 0.717) is 32.4 Å². The van der Waals surface area contributed by atoms with Crippen molar-refractivity contribution in [1.82, 2.24) is 9.29 Å². The van der Waals surface area contributed by atoms with Gasteiger partial charge in [-0.25, -0.2) is 17.8 Å². The van der Waals surface area contributed by atoms with Crippen molar-refractivity contribution >= 4 is 10.0 Å². The summed E-state index contributed by atoms with van der Waals surface area (Å²) >= 11 is 0. The van der Waals surface area contributed by atoms with E-state index in [4.69, 9.17) is 9.47 Å². The van der Waals surface area contributed by atoms with Crippen LogP contribution in [0.4, 0.5) is 4.39 Å². The molecule has 0 amide bonds. The van der Waals surface area contributed by atoms with Gasteiger partial charge in [-0.15, -0.1) is 0 Å². The minimum absolute atomic E-state index is 0.0961. The maximum atomic E-state index is 13.8. The highest BCUT2D eigenvalue weighted by atomic mass is 32.2. The van der Waals surface area contributed by atoms with Gasteiger partial charge in [0, 0.05) is 12.7 Å². The van der Waals surface area contributed by atoms with Crippen LogP contribution in [0.25, 0.3) is 0 Å². The summed E-state index contributed by atoms with van der Waals surface area (Å²) in [5, 5.41) is 0. The normalized spacial score (nSPS) is 28.5. The molecule has 0 aromatic carbocycles. The average molecular weight is 344 g/mol. The SMILES string of the molecule is CCCS(=O)(=O)N1CCOC2CCC1C2Oc1ncccc1F. The van der Waals surface area contributed by atoms with Crippen molar-refractivity contribution in [1.29, 1.82) is 0 Å². The van der Waals surface area contributed by atoms with Crippen molar-refractivity contribution in [3.8, 4) is 5.88 Å². The first-order valence-corrected chi connectivity index (χ1v) is 9.52. The number of nitrogens with zero attached hydrogens (tertiary/aromatic N) is 2. The average Bonchev–Trinajstić information content (AvgIpc) is 2.76. The smallest absolute Gasteiger partial charge is 0.250 e. The Kier molecular flexibility index (Phi) is 4.84. The lowest BCUT2D eigenvalue weighted by molar-refractivity contribution is 0.000677. The van der Waals surface area contributed by atoms with Gasteiger partial charge >= 0.3 is 0 Å². The van der Waals surface area contributed by atoms with Crippen LogP contribution in [-0.4, -0.2) is 54.9 Å². The number of pyridine rings is 1. The van der Waals surface area contributed by atoms with Crippen molar-refractivity contribution in [2.75, 3.05) is 18.9 Å². The zero-order valence-corrected chi connectivity index (χ0v) is 13.8. The van der Waals surface area contributed by atoms with Crippen molar-refractivity contribution in [2.24, 2.45) is 0 Å². The molecule has 23 heavy (non-hydrogen) atoms. The van der Waals surface area contributed by atoms with Crippen molar-refractivity contribution in [3.05, 3.63) is 24.1 Å². The van der Waals surface area contributed by atoms with Crippen LogP contribution in [0.5, 0.6) is 5.88 Å². The Morgan fingerprint density at radius 2 is 2.30 bits per heavy atom. The molecule has 1 aliphatic carbocycles. The van der Waals surface area contributed by atoms with E-state index in [1.807, 2.05) is 6.92 Å². The van der Waals surface area contributed by atoms with Gasteiger partial charge in [-0.05, 0) is 31.4 Å². The highest BCUT2D eigenvalue weighted by Gasteiger charge is 2.47. The lowest BCUT2D eigenvalue weighted by Gasteiger charge is -2.30. The largest absolute Gasteiger partial charge is 0.468 e. The predicted octanol–water partition coefficient (Wildman–Crippen LogP) is 1.57. The monoisotopic (exact) mass is 344 g/mol. The lowest BCUT2D eigenvalue weighted by atomic mass is 10.2. The third-order valence-corrected chi connectivity index (χ3v) is 6.39. The maximum Gasteiger partial charge on any atom is 0.250 e. The third-order valence-electron chi connectivity index (χ3n) is 4.30. The third kappa shape index (κ3) is 3.34. The molecule has 1 saturated carbocycles. The van der Waals surface area contributed by atoms with Gasteiger partial charge in [-0.1, -0.05) is 6.92 Å². The Morgan fingerprint density at radius 3 is 3.04 bits per heavy atom. The van der Waals surface area contributed by atoms with Crippen LogP contribution in [0, 0.1) is 5.82 Å². The first kappa shape index (κ1) is 16.6. The molecule has 2 bridgehead atoms. The molecule has 6 nitrogen and oxygen atoms in total. The second-order valence-corrected chi connectivity index (χ2v) is 7.89. The van der Waals surface area contributed by atoms with E-state index in [9.17, 15) is 12.8 Å². The molecule has 1 aliphatic heterocycles. The highest BCUT2D eigenvalue weighted by Crippen LogP contribution is 2.34. The topological polar surface area (TPSA) is 68.7 Å². The van der Waals surface area contributed by atoms with Crippen LogP contribution in [0.3, 0.4) is 0 Å². The van der Waals surface area contributed by atoms with E-state index >= 15 is 0 Å². The van der Waals surface area contributed by atoms with E-state index in [1.165, 1.54) is 22.6 Å². The number of hydrogen-bond acceptors (Lipinski definition) is 5. The summed E-state index contributed by atoms with van der Waals surface area (Å²) in [6, 6.07) is 2.42. The molecule has 2 heterocycles. The molecule has 0 spiro atoms. The number of aromatic nitrogens is 1. The fraction of sp³-hybridized carbons (Fsp3) is 0.667. The molecule has 1 aromatic rings. The molecule has 2 fully saturated rings. The Bertz CT molecular complexity index is 655. The van der Waals surface area contributed by atoms with Gasteiger partial charge in [-0.3, -0.25) is 0 Å². The standard InChI is InChI=1S/C15H21FN2O4S/c1-2-10-23(19,20)18-8-9-21-13-6-5-12(18)14(13)22-15-11(16)4-3-7-17-15/h3-4,7,12-14H,2,5-6,8-10H2,1H3. The van der Waals surface area contributed by atoms with Crippen LogP contribution in [-0.2, 0) is 14.8 Å². The number of fused-ring (bicyclic) bond motifs is 2. The Labute approximate surface area is 135 Å². The van der Waals surface area contributed by atoms with Crippen molar-refractivity contribution < 1.29 is 22.3 Å². The van der Waals surface area contributed by atoms with Gasteiger partial charge < -0.3 is 9.47 Å². The Hall–Kier alpha value is -1.25. The van der Waals surface area contributed by atoms with Crippen molar-refractivity contribution in [3.63, 3.8) is 0 Å². The van der Waals surface area contributed by atoms with Gasteiger partial charge in [0.2, 0.25) is 10.0 Å². The number of rotatable bonds is 5. The predicted molar refractivity (Wildman–Crippen MR) is 82.2 cm³/mol. The van der Waals surface area contributed by atoms with Crippen LogP contribution < -0.4 is 4.74 Å².